The van der Waals surface area contributed by atoms with E-state index >= 15 is 0 Å². The maximum absolute atomic E-state index is 5.96. The van der Waals surface area contributed by atoms with Crippen LogP contribution in [0.2, 0.25) is 0 Å². The van der Waals surface area contributed by atoms with Crippen molar-refractivity contribution in [3.8, 4) is 11.4 Å². The van der Waals surface area contributed by atoms with Crippen LogP contribution in [0.5, 0.6) is 0 Å². The topological polar surface area (TPSA) is 64.9 Å². The Bertz CT molecular complexity index is 617. The largest absolute Gasteiger partial charge is 0.338 e. The number of nitrogens with two attached hydrogens (primary N) is 1. The van der Waals surface area contributed by atoms with E-state index in [1.807, 2.05) is 19.1 Å². The first-order chi connectivity index (χ1) is 9.64. The summed E-state index contributed by atoms with van der Waals surface area (Å²) in [5.74, 6) is 1.36. The first kappa shape index (κ1) is 13.8. The van der Waals surface area contributed by atoms with E-state index < -0.39 is 0 Å². The molecule has 4 nitrogen and oxygen atoms in total. The van der Waals surface area contributed by atoms with Gasteiger partial charge in [0.05, 0.1) is 5.41 Å². The highest BCUT2D eigenvalue weighted by Gasteiger charge is 2.39. The number of hydrogen-bond acceptors (Lipinski definition) is 4. The lowest BCUT2D eigenvalue weighted by Gasteiger charge is -2.21. The van der Waals surface area contributed by atoms with Gasteiger partial charge in [-0.15, -0.1) is 0 Å². The summed E-state index contributed by atoms with van der Waals surface area (Å²) in [4.78, 5) is 4.62. The van der Waals surface area contributed by atoms with Gasteiger partial charge >= 0.3 is 0 Å². The molecule has 0 bridgehead atoms. The third kappa shape index (κ3) is 2.29. The Morgan fingerprint density at radius 3 is 2.75 bits per heavy atom. The summed E-state index contributed by atoms with van der Waals surface area (Å²) in [5, 5.41) is 4.16. The van der Waals surface area contributed by atoms with E-state index in [-0.39, 0.29) is 5.41 Å². The summed E-state index contributed by atoms with van der Waals surface area (Å²) in [5.41, 5.74) is 7.99. The average molecular weight is 336 g/mol. The fourth-order valence-electron chi connectivity index (χ4n) is 2.98. The molecule has 3 rings (SSSR count). The van der Waals surface area contributed by atoms with Crippen molar-refractivity contribution in [2.24, 2.45) is 5.73 Å². The smallest absolute Gasteiger partial charge is 0.234 e. The van der Waals surface area contributed by atoms with E-state index in [2.05, 4.69) is 32.1 Å². The molecule has 0 aliphatic heterocycles. The Labute approximate surface area is 126 Å². The van der Waals surface area contributed by atoms with Gasteiger partial charge in [0.15, 0.2) is 0 Å². The SMILES string of the molecule is Cc1cc(Br)ccc1-c1noc(C2(CN)CCCC2)n1. The molecular weight excluding hydrogens is 318 g/mol. The fourth-order valence-corrected chi connectivity index (χ4v) is 3.46. The van der Waals surface area contributed by atoms with Crippen LogP contribution in [0.1, 0.15) is 37.1 Å². The summed E-state index contributed by atoms with van der Waals surface area (Å²) < 4.78 is 6.58. The highest BCUT2D eigenvalue weighted by molar-refractivity contribution is 9.10. The minimum Gasteiger partial charge on any atom is -0.338 e. The summed E-state index contributed by atoms with van der Waals surface area (Å²) in [6.07, 6.45) is 4.47. The molecule has 106 valence electrons. The second kappa shape index (κ2) is 5.30. The summed E-state index contributed by atoms with van der Waals surface area (Å²) in [6.45, 7) is 2.62. The summed E-state index contributed by atoms with van der Waals surface area (Å²) in [7, 11) is 0. The summed E-state index contributed by atoms with van der Waals surface area (Å²) in [6, 6.07) is 6.06. The average Bonchev–Trinajstić information content (AvgIpc) is 3.08. The predicted octanol–water partition coefficient (Wildman–Crippen LogP) is 3.58. The van der Waals surface area contributed by atoms with Crippen molar-refractivity contribution in [3.05, 3.63) is 34.1 Å². The zero-order valence-corrected chi connectivity index (χ0v) is 13.1. The molecule has 0 saturated heterocycles. The monoisotopic (exact) mass is 335 g/mol. The quantitative estimate of drug-likeness (QED) is 0.930. The van der Waals surface area contributed by atoms with E-state index in [0.29, 0.717) is 18.3 Å². The molecule has 0 amide bonds. The Morgan fingerprint density at radius 2 is 2.10 bits per heavy atom. The lowest BCUT2D eigenvalue weighted by molar-refractivity contribution is 0.284. The standard InChI is InChI=1S/C15H18BrN3O/c1-10-8-11(16)4-5-12(10)13-18-14(20-19-13)15(9-17)6-2-3-7-15/h4-5,8H,2-3,6-7,9,17H2,1H3. The van der Waals surface area contributed by atoms with Gasteiger partial charge in [0.1, 0.15) is 0 Å². The van der Waals surface area contributed by atoms with Gasteiger partial charge in [0, 0.05) is 16.6 Å². The van der Waals surface area contributed by atoms with E-state index in [1.54, 1.807) is 0 Å². The molecule has 1 aliphatic rings. The van der Waals surface area contributed by atoms with Crippen LogP contribution < -0.4 is 5.73 Å². The van der Waals surface area contributed by atoms with Crippen LogP contribution in [0, 0.1) is 6.92 Å². The van der Waals surface area contributed by atoms with Crippen LogP contribution in [-0.4, -0.2) is 16.7 Å². The van der Waals surface area contributed by atoms with Gasteiger partial charge in [-0.1, -0.05) is 33.9 Å². The first-order valence-electron chi connectivity index (χ1n) is 6.95. The van der Waals surface area contributed by atoms with E-state index in [1.165, 1.54) is 12.8 Å². The van der Waals surface area contributed by atoms with Crippen molar-refractivity contribution in [2.75, 3.05) is 6.54 Å². The van der Waals surface area contributed by atoms with Crippen LogP contribution in [0.15, 0.2) is 27.2 Å². The molecule has 1 aliphatic carbocycles. The number of halogens is 1. The number of aromatic nitrogens is 2. The van der Waals surface area contributed by atoms with Crippen LogP contribution in [0.4, 0.5) is 0 Å². The second-order valence-electron chi connectivity index (χ2n) is 5.57. The highest BCUT2D eigenvalue weighted by Crippen LogP contribution is 2.40. The zero-order chi connectivity index (χ0) is 14.2. The molecule has 20 heavy (non-hydrogen) atoms. The molecule has 2 aromatic rings. The third-order valence-corrected chi connectivity index (χ3v) is 4.75. The highest BCUT2D eigenvalue weighted by atomic mass is 79.9. The Balaban J connectivity index is 1.97. The molecular formula is C15H18BrN3O. The molecule has 1 heterocycles. The Kier molecular flexibility index (Phi) is 3.65. The lowest BCUT2D eigenvalue weighted by Crippen LogP contribution is -2.32. The Hall–Kier alpha value is -1.20. The first-order valence-corrected chi connectivity index (χ1v) is 7.75. The maximum atomic E-state index is 5.96. The van der Waals surface area contributed by atoms with E-state index in [4.69, 9.17) is 10.3 Å². The van der Waals surface area contributed by atoms with Crippen molar-refractivity contribution < 1.29 is 4.52 Å². The molecule has 1 aromatic heterocycles. The molecule has 0 atom stereocenters. The second-order valence-corrected chi connectivity index (χ2v) is 6.49. The van der Waals surface area contributed by atoms with Gasteiger partial charge < -0.3 is 10.3 Å². The lowest BCUT2D eigenvalue weighted by atomic mass is 9.86. The van der Waals surface area contributed by atoms with Crippen molar-refractivity contribution in [1.82, 2.24) is 10.1 Å². The van der Waals surface area contributed by atoms with Crippen LogP contribution in [0.25, 0.3) is 11.4 Å². The van der Waals surface area contributed by atoms with Crippen molar-refractivity contribution in [2.45, 2.75) is 38.0 Å². The molecule has 1 saturated carbocycles. The molecule has 1 fully saturated rings. The van der Waals surface area contributed by atoms with Gasteiger partial charge in [-0.3, -0.25) is 0 Å². The van der Waals surface area contributed by atoms with Crippen LogP contribution in [-0.2, 0) is 5.41 Å². The molecule has 2 N–H and O–H groups in total. The van der Waals surface area contributed by atoms with Gasteiger partial charge in [-0.25, -0.2) is 0 Å². The predicted molar refractivity (Wildman–Crippen MR) is 81.4 cm³/mol. The zero-order valence-electron chi connectivity index (χ0n) is 11.5. The molecule has 5 heteroatoms. The van der Waals surface area contributed by atoms with Crippen molar-refractivity contribution in [3.63, 3.8) is 0 Å². The number of rotatable bonds is 3. The van der Waals surface area contributed by atoms with Gasteiger partial charge in [-0.2, -0.15) is 4.98 Å². The minimum atomic E-state index is -0.103. The van der Waals surface area contributed by atoms with Crippen molar-refractivity contribution in [1.29, 1.82) is 0 Å². The minimum absolute atomic E-state index is 0.103. The van der Waals surface area contributed by atoms with Gasteiger partial charge in [0.2, 0.25) is 11.7 Å². The number of nitrogens with zero attached hydrogens (tertiary/aromatic N) is 2. The fraction of sp³-hybridized carbons (Fsp3) is 0.467. The third-order valence-electron chi connectivity index (χ3n) is 4.26. The van der Waals surface area contributed by atoms with Crippen LogP contribution in [0.3, 0.4) is 0 Å². The number of benzene rings is 1. The number of aryl methyl sites for hydroxylation is 1. The van der Waals surface area contributed by atoms with Crippen molar-refractivity contribution >= 4 is 15.9 Å². The normalized spacial score (nSPS) is 17.6. The van der Waals surface area contributed by atoms with E-state index in [9.17, 15) is 0 Å². The summed E-state index contributed by atoms with van der Waals surface area (Å²) >= 11 is 3.47. The van der Waals surface area contributed by atoms with E-state index in [0.717, 1.165) is 28.4 Å². The number of hydrogen-bond donors (Lipinski definition) is 1. The molecule has 1 aromatic carbocycles. The maximum Gasteiger partial charge on any atom is 0.234 e. The van der Waals surface area contributed by atoms with Crippen LogP contribution >= 0.6 is 15.9 Å². The molecule has 0 spiro atoms. The van der Waals surface area contributed by atoms with Gasteiger partial charge in [0.25, 0.3) is 0 Å². The molecule has 0 unspecified atom stereocenters. The van der Waals surface area contributed by atoms with Gasteiger partial charge in [-0.05, 0) is 43.5 Å². The molecule has 0 radical (unpaired) electrons. The Morgan fingerprint density at radius 1 is 1.35 bits per heavy atom.